The Labute approximate surface area is 156 Å². The van der Waals surface area contributed by atoms with Crippen LogP contribution in [-0.4, -0.2) is 14.5 Å². The van der Waals surface area contributed by atoms with Gasteiger partial charge in [0.25, 0.3) is 5.56 Å². The second-order valence-corrected chi connectivity index (χ2v) is 6.70. The molecule has 0 saturated heterocycles. The summed E-state index contributed by atoms with van der Waals surface area (Å²) >= 11 is 0. The molecule has 4 nitrogen and oxygen atoms in total. The Kier molecular flexibility index (Phi) is 4.36. The van der Waals surface area contributed by atoms with E-state index in [1.807, 2.05) is 50.4 Å². The average Bonchev–Trinajstić information content (AvgIpc) is 3.04. The number of hydrogen-bond donors (Lipinski definition) is 1. The maximum atomic E-state index is 13.6. The van der Waals surface area contributed by atoms with Gasteiger partial charge in [-0.05, 0) is 49.6 Å². The first-order valence-electron chi connectivity index (χ1n) is 8.93. The molecule has 0 bridgehead atoms. The third-order valence-corrected chi connectivity index (χ3v) is 5.03. The van der Waals surface area contributed by atoms with E-state index in [4.69, 9.17) is 0 Å². The van der Waals surface area contributed by atoms with E-state index in [2.05, 4.69) is 14.5 Å². The lowest BCUT2D eigenvalue weighted by atomic mass is 10.1. The number of aromatic nitrogens is 3. The van der Waals surface area contributed by atoms with Gasteiger partial charge in [0.05, 0.1) is 5.56 Å². The van der Waals surface area contributed by atoms with Crippen LogP contribution in [0.15, 0.2) is 59.5 Å². The van der Waals surface area contributed by atoms with Crippen LogP contribution in [0.4, 0.5) is 4.39 Å². The molecule has 0 aliphatic carbocycles. The molecule has 0 aliphatic heterocycles. The molecule has 27 heavy (non-hydrogen) atoms. The molecule has 4 aromatic rings. The van der Waals surface area contributed by atoms with Gasteiger partial charge in [-0.2, -0.15) is 4.98 Å². The first-order chi connectivity index (χ1) is 13.0. The van der Waals surface area contributed by atoms with Crippen molar-refractivity contribution in [2.45, 2.75) is 26.8 Å². The number of H-pyrrole nitrogens is 1. The molecule has 0 amide bonds. The predicted molar refractivity (Wildman–Crippen MR) is 105 cm³/mol. The molecule has 0 saturated carbocycles. The SMILES string of the molecule is Cc1nc(=O)c(-c2ccccc2)c(C)n1CCc1c[nH]c2ccc(F)cc12. The highest BCUT2D eigenvalue weighted by molar-refractivity contribution is 5.83. The van der Waals surface area contributed by atoms with Gasteiger partial charge in [-0.25, -0.2) is 4.39 Å². The average molecular weight is 361 g/mol. The lowest BCUT2D eigenvalue weighted by Crippen LogP contribution is -2.21. The van der Waals surface area contributed by atoms with E-state index in [0.717, 1.165) is 27.7 Å². The number of fused-ring (bicyclic) bond motifs is 1. The Morgan fingerprint density at radius 3 is 2.67 bits per heavy atom. The molecule has 2 aromatic carbocycles. The fourth-order valence-corrected chi connectivity index (χ4v) is 3.65. The smallest absolute Gasteiger partial charge is 0.281 e. The van der Waals surface area contributed by atoms with Gasteiger partial charge < -0.3 is 9.55 Å². The van der Waals surface area contributed by atoms with Crippen molar-refractivity contribution < 1.29 is 4.39 Å². The lowest BCUT2D eigenvalue weighted by molar-refractivity contribution is 0.626. The summed E-state index contributed by atoms with van der Waals surface area (Å²) in [5.41, 5.74) is 4.15. The van der Waals surface area contributed by atoms with E-state index in [1.54, 1.807) is 12.1 Å². The van der Waals surface area contributed by atoms with Gasteiger partial charge in [-0.1, -0.05) is 30.3 Å². The molecule has 0 atom stereocenters. The molecule has 136 valence electrons. The molecule has 0 spiro atoms. The van der Waals surface area contributed by atoms with Gasteiger partial charge in [-0.3, -0.25) is 4.79 Å². The summed E-state index contributed by atoms with van der Waals surface area (Å²) in [5.74, 6) is 0.440. The third kappa shape index (κ3) is 3.16. The van der Waals surface area contributed by atoms with Gasteiger partial charge in [-0.15, -0.1) is 0 Å². The van der Waals surface area contributed by atoms with E-state index in [9.17, 15) is 9.18 Å². The number of hydrogen-bond acceptors (Lipinski definition) is 2. The number of nitrogens with one attached hydrogen (secondary N) is 1. The summed E-state index contributed by atoms with van der Waals surface area (Å²) in [6.07, 6.45) is 2.63. The molecule has 2 heterocycles. The zero-order valence-corrected chi connectivity index (χ0v) is 15.3. The van der Waals surface area contributed by atoms with Crippen molar-refractivity contribution in [3.8, 4) is 11.1 Å². The van der Waals surface area contributed by atoms with E-state index >= 15 is 0 Å². The molecule has 1 N–H and O–H groups in total. The van der Waals surface area contributed by atoms with Crippen LogP contribution in [0.1, 0.15) is 17.1 Å². The molecule has 0 fully saturated rings. The van der Waals surface area contributed by atoms with Crippen LogP contribution in [0.2, 0.25) is 0 Å². The molecular formula is C22H20FN3O. The van der Waals surface area contributed by atoms with E-state index in [-0.39, 0.29) is 11.4 Å². The minimum atomic E-state index is -0.243. The van der Waals surface area contributed by atoms with Crippen LogP contribution in [0.3, 0.4) is 0 Å². The third-order valence-electron chi connectivity index (χ3n) is 5.03. The van der Waals surface area contributed by atoms with Gasteiger partial charge >= 0.3 is 0 Å². The second kappa shape index (κ2) is 6.83. The largest absolute Gasteiger partial charge is 0.361 e. The lowest BCUT2D eigenvalue weighted by Gasteiger charge is -2.16. The number of benzene rings is 2. The molecule has 0 radical (unpaired) electrons. The molecular weight excluding hydrogens is 341 g/mol. The first-order valence-corrected chi connectivity index (χ1v) is 8.93. The topological polar surface area (TPSA) is 50.7 Å². The molecule has 5 heteroatoms. The van der Waals surface area contributed by atoms with Gasteiger partial charge in [0, 0.05) is 29.3 Å². The maximum Gasteiger partial charge on any atom is 0.281 e. The Morgan fingerprint density at radius 2 is 1.89 bits per heavy atom. The second-order valence-electron chi connectivity index (χ2n) is 6.70. The van der Waals surface area contributed by atoms with Crippen LogP contribution in [-0.2, 0) is 13.0 Å². The Balaban J connectivity index is 1.72. The fourth-order valence-electron chi connectivity index (χ4n) is 3.65. The highest BCUT2D eigenvalue weighted by Gasteiger charge is 2.14. The predicted octanol–water partition coefficient (Wildman–Crippen LogP) is 4.39. The van der Waals surface area contributed by atoms with Crippen molar-refractivity contribution in [1.29, 1.82) is 0 Å². The minimum Gasteiger partial charge on any atom is -0.361 e. The maximum absolute atomic E-state index is 13.6. The Hall–Kier alpha value is -3.21. The summed E-state index contributed by atoms with van der Waals surface area (Å²) in [4.78, 5) is 19.9. The molecule has 0 unspecified atom stereocenters. The minimum absolute atomic E-state index is 0.207. The number of aryl methyl sites for hydroxylation is 2. The van der Waals surface area contributed by atoms with E-state index < -0.39 is 0 Å². The summed E-state index contributed by atoms with van der Waals surface area (Å²) < 4.78 is 15.7. The summed E-state index contributed by atoms with van der Waals surface area (Å²) in [7, 11) is 0. The number of halogens is 1. The zero-order valence-electron chi connectivity index (χ0n) is 15.3. The Morgan fingerprint density at radius 1 is 1.11 bits per heavy atom. The van der Waals surface area contributed by atoms with Crippen molar-refractivity contribution in [3.63, 3.8) is 0 Å². The highest BCUT2D eigenvalue weighted by Crippen LogP contribution is 2.22. The number of rotatable bonds is 4. The van der Waals surface area contributed by atoms with Crippen LogP contribution in [0, 0.1) is 19.7 Å². The van der Waals surface area contributed by atoms with Crippen LogP contribution >= 0.6 is 0 Å². The summed E-state index contributed by atoms with van der Waals surface area (Å²) in [6.45, 7) is 4.46. The van der Waals surface area contributed by atoms with E-state index in [1.165, 1.54) is 6.07 Å². The molecule has 2 aromatic heterocycles. The molecule has 0 aliphatic rings. The van der Waals surface area contributed by atoms with Crippen molar-refractivity contribution in [2.75, 3.05) is 0 Å². The highest BCUT2D eigenvalue weighted by atomic mass is 19.1. The normalized spacial score (nSPS) is 11.2. The van der Waals surface area contributed by atoms with Crippen molar-refractivity contribution >= 4 is 10.9 Å². The van der Waals surface area contributed by atoms with Crippen molar-refractivity contribution in [2.24, 2.45) is 0 Å². The fraction of sp³-hybridized carbons (Fsp3) is 0.182. The number of aromatic amines is 1. The summed E-state index contributed by atoms with van der Waals surface area (Å²) in [6, 6.07) is 14.4. The first kappa shape index (κ1) is 17.2. The summed E-state index contributed by atoms with van der Waals surface area (Å²) in [5, 5.41) is 0.891. The van der Waals surface area contributed by atoms with Crippen LogP contribution in [0.5, 0.6) is 0 Å². The number of nitrogens with zero attached hydrogens (tertiary/aromatic N) is 2. The van der Waals surface area contributed by atoms with Gasteiger partial charge in [0.15, 0.2) is 0 Å². The standard InChI is InChI=1S/C22H20FN3O/c1-14-21(16-6-4-3-5-7-16)22(27)25-15(2)26(14)11-10-17-13-24-20-9-8-18(23)12-19(17)20/h3-9,12-13,24H,10-11H2,1-2H3. The Bertz CT molecular complexity index is 1180. The van der Waals surface area contributed by atoms with Crippen LogP contribution < -0.4 is 5.56 Å². The van der Waals surface area contributed by atoms with Gasteiger partial charge in [0.2, 0.25) is 0 Å². The van der Waals surface area contributed by atoms with Crippen molar-refractivity contribution in [1.82, 2.24) is 14.5 Å². The quantitative estimate of drug-likeness (QED) is 0.586. The zero-order chi connectivity index (χ0) is 19.0. The van der Waals surface area contributed by atoms with Crippen LogP contribution in [0.25, 0.3) is 22.0 Å². The molecule has 4 rings (SSSR count). The monoisotopic (exact) mass is 361 g/mol. The van der Waals surface area contributed by atoms with Gasteiger partial charge in [0.1, 0.15) is 11.6 Å². The van der Waals surface area contributed by atoms with E-state index in [0.29, 0.717) is 24.4 Å². The van der Waals surface area contributed by atoms with Crippen molar-refractivity contribution in [3.05, 3.63) is 88.0 Å².